The third-order valence-electron chi connectivity index (χ3n) is 2.64. The van der Waals surface area contributed by atoms with Gasteiger partial charge in [0, 0.05) is 19.9 Å². The maximum atomic E-state index is 11.5. The number of Topliss-reactive ketones (excluding diaryl/α,β-unsaturated/α-hetero) is 1. The lowest BCUT2D eigenvalue weighted by atomic mass is 10.1. The van der Waals surface area contributed by atoms with Crippen molar-refractivity contribution in [1.29, 1.82) is 0 Å². The first kappa shape index (κ1) is 21.0. The minimum absolute atomic E-state index is 0.0443. The predicted molar refractivity (Wildman–Crippen MR) is 79.8 cm³/mol. The highest BCUT2D eigenvalue weighted by Gasteiger charge is 2.20. The van der Waals surface area contributed by atoms with Crippen LogP contribution in [0, 0.1) is 0 Å². The highest BCUT2D eigenvalue weighted by molar-refractivity contribution is 5.85. The van der Waals surface area contributed by atoms with E-state index in [1.54, 1.807) is 0 Å². The molecule has 132 valence electrons. The molecule has 0 radical (unpaired) electrons. The summed E-state index contributed by atoms with van der Waals surface area (Å²) in [6.07, 6.45) is 0.128. The van der Waals surface area contributed by atoms with Crippen LogP contribution >= 0.6 is 0 Å². The van der Waals surface area contributed by atoms with Gasteiger partial charge in [-0.15, -0.1) is 0 Å². The first-order valence-corrected chi connectivity index (χ1v) is 7.24. The SMILES string of the molecule is CC(=O)CC[C@H](NC(=O)COCCOCCNC(C)=O)C(=O)O. The molecule has 0 saturated carbocycles. The molecule has 9 nitrogen and oxygen atoms in total. The van der Waals surface area contributed by atoms with E-state index in [4.69, 9.17) is 14.6 Å². The zero-order chi connectivity index (χ0) is 17.7. The van der Waals surface area contributed by atoms with E-state index in [1.165, 1.54) is 13.8 Å². The molecule has 0 aromatic heterocycles. The summed E-state index contributed by atoms with van der Waals surface area (Å²) in [6.45, 7) is 3.61. The van der Waals surface area contributed by atoms with Gasteiger partial charge in [0.1, 0.15) is 18.4 Å². The van der Waals surface area contributed by atoms with Gasteiger partial charge in [0.05, 0.1) is 19.8 Å². The molecular weight excluding hydrogens is 308 g/mol. The number of carbonyl (C=O) groups is 4. The van der Waals surface area contributed by atoms with Crippen molar-refractivity contribution in [2.75, 3.05) is 33.0 Å². The third kappa shape index (κ3) is 13.4. The molecule has 0 aromatic carbocycles. The fourth-order valence-electron chi connectivity index (χ4n) is 1.52. The number of rotatable bonds is 13. The Bertz CT molecular complexity index is 412. The number of hydrogen-bond donors (Lipinski definition) is 3. The molecule has 9 heteroatoms. The van der Waals surface area contributed by atoms with Gasteiger partial charge in [-0.3, -0.25) is 9.59 Å². The Balaban J connectivity index is 3.73. The van der Waals surface area contributed by atoms with Crippen LogP contribution < -0.4 is 10.6 Å². The van der Waals surface area contributed by atoms with Gasteiger partial charge in [0.25, 0.3) is 0 Å². The molecule has 0 rings (SSSR count). The van der Waals surface area contributed by atoms with Gasteiger partial charge in [-0.2, -0.15) is 0 Å². The molecule has 0 saturated heterocycles. The summed E-state index contributed by atoms with van der Waals surface area (Å²) in [6, 6.07) is -1.11. The number of hydrogen-bond acceptors (Lipinski definition) is 6. The van der Waals surface area contributed by atoms with Crippen molar-refractivity contribution in [3.8, 4) is 0 Å². The van der Waals surface area contributed by atoms with E-state index >= 15 is 0 Å². The normalized spacial score (nSPS) is 11.6. The number of nitrogens with one attached hydrogen (secondary N) is 2. The number of carbonyl (C=O) groups excluding carboxylic acids is 3. The fraction of sp³-hybridized carbons (Fsp3) is 0.714. The zero-order valence-corrected chi connectivity index (χ0v) is 13.4. The van der Waals surface area contributed by atoms with Crippen molar-refractivity contribution in [3.05, 3.63) is 0 Å². The highest BCUT2D eigenvalue weighted by atomic mass is 16.5. The summed E-state index contributed by atoms with van der Waals surface area (Å²) in [7, 11) is 0. The molecule has 3 N–H and O–H groups in total. The largest absolute Gasteiger partial charge is 0.480 e. The van der Waals surface area contributed by atoms with Gasteiger partial charge >= 0.3 is 5.97 Å². The van der Waals surface area contributed by atoms with Crippen molar-refractivity contribution in [3.63, 3.8) is 0 Å². The molecule has 0 spiro atoms. The van der Waals surface area contributed by atoms with E-state index in [-0.39, 0.29) is 44.4 Å². The van der Waals surface area contributed by atoms with Gasteiger partial charge in [0.2, 0.25) is 11.8 Å². The second-order valence-corrected chi connectivity index (χ2v) is 4.85. The van der Waals surface area contributed by atoms with Crippen LogP contribution in [0.5, 0.6) is 0 Å². The molecule has 23 heavy (non-hydrogen) atoms. The topological polar surface area (TPSA) is 131 Å². The quantitative estimate of drug-likeness (QED) is 0.372. The number of carboxylic acid groups (broad SMARTS) is 1. The molecule has 0 unspecified atom stereocenters. The molecule has 0 fully saturated rings. The highest BCUT2D eigenvalue weighted by Crippen LogP contribution is 1.99. The Morgan fingerprint density at radius 1 is 1.04 bits per heavy atom. The van der Waals surface area contributed by atoms with Crippen molar-refractivity contribution in [1.82, 2.24) is 10.6 Å². The second-order valence-electron chi connectivity index (χ2n) is 4.85. The van der Waals surface area contributed by atoms with E-state index in [0.717, 1.165) is 0 Å². The number of aliphatic carboxylic acids is 1. The number of ether oxygens (including phenoxy) is 2. The first-order chi connectivity index (χ1) is 10.8. The van der Waals surface area contributed by atoms with Gasteiger partial charge in [-0.1, -0.05) is 0 Å². The van der Waals surface area contributed by atoms with Crippen molar-refractivity contribution < 1.29 is 33.8 Å². The van der Waals surface area contributed by atoms with Crippen molar-refractivity contribution >= 4 is 23.6 Å². The Morgan fingerprint density at radius 3 is 2.26 bits per heavy atom. The first-order valence-electron chi connectivity index (χ1n) is 7.24. The summed E-state index contributed by atoms with van der Waals surface area (Å²) in [5.74, 6) is -2.04. The summed E-state index contributed by atoms with van der Waals surface area (Å²) >= 11 is 0. The molecule has 2 amide bonds. The molecular formula is C14H24N2O7. The van der Waals surface area contributed by atoms with Crippen LogP contribution in [0.2, 0.25) is 0 Å². The van der Waals surface area contributed by atoms with Crippen LogP contribution in [-0.4, -0.2) is 67.7 Å². The lowest BCUT2D eigenvalue weighted by Crippen LogP contribution is -2.42. The van der Waals surface area contributed by atoms with Crippen LogP contribution in [0.4, 0.5) is 0 Å². The Morgan fingerprint density at radius 2 is 1.70 bits per heavy atom. The predicted octanol–water partition coefficient (Wildman–Crippen LogP) is -0.906. The van der Waals surface area contributed by atoms with Crippen molar-refractivity contribution in [2.24, 2.45) is 0 Å². The standard InChI is InChI=1S/C14H24N2O7/c1-10(17)3-4-12(14(20)21)16-13(19)9-23-8-7-22-6-5-15-11(2)18/h12H,3-9H2,1-2H3,(H,15,18)(H,16,19)(H,20,21)/t12-/m0/s1. The molecule has 0 aliphatic carbocycles. The summed E-state index contributed by atoms with van der Waals surface area (Å²) in [5, 5.41) is 13.8. The van der Waals surface area contributed by atoms with E-state index in [1.807, 2.05) is 0 Å². The van der Waals surface area contributed by atoms with Crippen LogP contribution in [-0.2, 0) is 28.7 Å². The number of amides is 2. The third-order valence-corrected chi connectivity index (χ3v) is 2.64. The number of carboxylic acids is 1. The summed E-state index contributed by atoms with van der Waals surface area (Å²) in [5.41, 5.74) is 0. The minimum Gasteiger partial charge on any atom is -0.480 e. The maximum Gasteiger partial charge on any atom is 0.326 e. The Kier molecular flexibility index (Phi) is 11.4. The van der Waals surface area contributed by atoms with Crippen LogP contribution in [0.25, 0.3) is 0 Å². The zero-order valence-electron chi connectivity index (χ0n) is 13.4. The second kappa shape index (κ2) is 12.5. The molecule has 0 aromatic rings. The lowest BCUT2D eigenvalue weighted by Gasteiger charge is -2.13. The molecule has 0 aliphatic rings. The van der Waals surface area contributed by atoms with E-state index < -0.39 is 17.9 Å². The monoisotopic (exact) mass is 332 g/mol. The van der Waals surface area contributed by atoms with Crippen LogP contribution in [0.1, 0.15) is 26.7 Å². The van der Waals surface area contributed by atoms with Crippen molar-refractivity contribution in [2.45, 2.75) is 32.7 Å². The smallest absolute Gasteiger partial charge is 0.326 e. The van der Waals surface area contributed by atoms with E-state index in [2.05, 4.69) is 10.6 Å². The fourth-order valence-corrected chi connectivity index (χ4v) is 1.52. The lowest BCUT2D eigenvalue weighted by molar-refractivity contribution is -0.143. The van der Waals surface area contributed by atoms with Gasteiger partial charge < -0.3 is 30.0 Å². The average Bonchev–Trinajstić information content (AvgIpc) is 2.45. The Hall–Kier alpha value is -2.00. The van der Waals surface area contributed by atoms with E-state index in [0.29, 0.717) is 13.2 Å². The summed E-state index contributed by atoms with van der Waals surface area (Å²) < 4.78 is 10.2. The summed E-state index contributed by atoms with van der Waals surface area (Å²) in [4.78, 5) is 43.9. The molecule has 0 bridgehead atoms. The molecule has 1 atom stereocenters. The Labute approximate surface area is 134 Å². The average molecular weight is 332 g/mol. The number of ketones is 1. The minimum atomic E-state index is -1.19. The van der Waals surface area contributed by atoms with Gasteiger partial charge in [-0.25, -0.2) is 4.79 Å². The van der Waals surface area contributed by atoms with Crippen LogP contribution in [0.3, 0.4) is 0 Å². The van der Waals surface area contributed by atoms with Crippen LogP contribution in [0.15, 0.2) is 0 Å². The maximum absolute atomic E-state index is 11.5. The van der Waals surface area contributed by atoms with Gasteiger partial charge in [-0.05, 0) is 13.3 Å². The molecule has 0 aliphatic heterocycles. The van der Waals surface area contributed by atoms with Gasteiger partial charge in [0.15, 0.2) is 0 Å². The van der Waals surface area contributed by atoms with E-state index in [9.17, 15) is 19.2 Å². The molecule has 0 heterocycles.